The van der Waals surface area contributed by atoms with Crippen LogP contribution in [0.15, 0.2) is 46.6 Å². The number of nitrogen functional groups attached to an aromatic ring is 2. The van der Waals surface area contributed by atoms with Crippen LogP contribution in [0.4, 0.5) is 35.9 Å². The highest BCUT2D eigenvalue weighted by atomic mass is 19.4. The Morgan fingerprint density at radius 2 is 1.38 bits per heavy atom. The molecule has 0 atom stereocenters. The summed E-state index contributed by atoms with van der Waals surface area (Å²) in [5, 5.41) is 7.68. The van der Waals surface area contributed by atoms with Crippen LogP contribution >= 0.6 is 0 Å². The average Bonchev–Trinajstić information content (AvgIpc) is 2.40. The van der Waals surface area contributed by atoms with Crippen molar-refractivity contribution in [2.45, 2.75) is 13.1 Å². The molecule has 0 aliphatic carbocycles. The van der Waals surface area contributed by atoms with E-state index in [0.29, 0.717) is 11.4 Å². The molecular formula is C14H13F3N4. The Kier molecular flexibility index (Phi) is 3.84. The van der Waals surface area contributed by atoms with Gasteiger partial charge in [-0.05, 0) is 48.9 Å². The summed E-state index contributed by atoms with van der Waals surface area (Å²) < 4.78 is 38.2. The fraction of sp³-hybridized carbons (Fsp3) is 0.143. The molecule has 0 unspecified atom stereocenters. The second-order valence-corrected chi connectivity index (χ2v) is 4.51. The first-order chi connectivity index (χ1) is 9.77. The Morgan fingerprint density at radius 3 is 1.90 bits per heavy atom. The average molecular weight is 294 g/mol. The van der Waals surface area contributed by atoms with Crippen LogP contribution in [0.2, 0.25) is 0 Å². The van der Waals surface area contributed by atoms with E-state index in [0.717, 1.165) is 17.7 Å². The number of alkyl halides is 3. The summed E-state index contributed by atoms with van der Waals surface area (Å²) in [5.74, 6) is 0. The molecule has 0 fully saturated rings. The van der Waals surface area contributed by atoms with Crippen LogP contribution in [0.1, 0.15) is 11.1 Å². The summed E-state index contributed by atoms with van der Waals surface area (Å²) in [4.78, 5) is 0. The van der Waals surface area contributed by atoms with E-state index in [2.05, 4.69) is 10.2 Å². The van der Waals surface area contributed by atoms with Gasteiger partial charge in [-0.25, -0.2) is 0 Å². The molecule has 0 radical (unpaired) electrons. The lowest BCUT2D eigenvalue weighted by atomic mass is 10.1. The Labute approximate surface area is 119 Å². The topological polar surface area (TPSA) is 76.8 Å². The zero-order chi connectivity index (χ0) is 15.6. The molecular weight excluding hydrogens is 281 g/mol. The summed E-state index contributed by atoms with van der Waals surface area (Å²) in [5.41, 5.74) is 11.7. The number of benzene rings is 2. The minimum absolute atomic E-state index is 0.0750. The highest BCUT2D eigenvalue weighted by Crippen LogP contribution is 2.36. The summed E-state index contributed by atoms with van der Waals surface area (Å²) in [6.07, 6.45) is -4.52. The lowest BCUT2D eigenvalue weighted by Crippen LogP contribution is -2.08. The summed E-state index contributed by atoms with van der Waals surface area (Å²) in [6, 6.07) is 8.38. The molecule has 2 rings (SSSR count). The van der Waals surface area contributed by atoms with Crippen LogP contribution in [0.3, 0.4) is 0 Å². The van der Waals surface area contributed by atoms with E-state index in [4.69, 9.17) is 11.5 Å². The lowest BCUT2D eigenvalue weighted by Gasteiger charge is -2.09. The first-order valence-corrected chi connectivity index (χ1v) is 6.02. The normalized spacial score (nSPS) is 12.0. The van der Waals surface area contributed by atoms with Crippen LogP contribution in [0.5, 0.6) is 0 Å². The molecule has 0 spiro atoms. The van der Waals surface area contributed by atoms with Gasteiger partial charge in [0.1, 0.15) is 0 Å². The van der Waals surface area contributed by atoms with Crippen molar-refractivity contribution in [1.82, 2.24) is 0 Å². The number of halogens is 3. The number of nitrogens with two attached hydrogens (primary N) is 2. The first-order valence-electron chi connectivity index (χ1n) is 6.02. The second kappa shape index (κ2) is 5.43. The number of nitrogens with zero attached hydrogens (tertiary/aromatic N) is 2. The number of rotatable bonds is 2. The third kappa shape index (κ3) is 3.50. The first kappa shape index (κ1) is 14.8. The van der Waals surface area contributed by atoms with Gasteiger partial charge in [-0.2, -0.15) is 23.4 Å². The number of azo groups is 1. The maximum Gasteiger partial charge on any atom is 0.418 e. The standard InChI is InChI=1S/C14H13F3N4/c1-8-6-9(2-4-12(8)18)20-21-10-3-5-13(19)11(7-10)14(15,16)17/h2-7H,18-19H2,1H3. The summed E-state index contributed by atoms with van der Waals surface area (Å²) >= 11 is 0. The fourth-order valence-electron chi connectivity index (χ4n) is 1.69. The number of anilines is 2. The van der Waals surface area contributed by atoms with Gasteiger partial charge in [0.05, 0.1) is 16.9 Å². The molecule has 21 heavy (non-hydrogen) atoms. The van der Waals surface area contributed by atoms with E-state index in [1.807, 2.05) is 0 Å². The van der Waals surface area contributed by atoms with Gasteiger partial charge >= 0.3 is 6.18 Å². The molecule has 0 saturated heterocycles. The van der Waals surface area contributed by atoms with Gasteiger partial charge < -0.3 is 11.5 Å². The highest BCUT2D eigenvalue weighted by molar-refractivity contribution is 5.57. The van der Waals surface area contributed by atoms with E-state index < -0.39 is 11.7 Å². The van der Waals surface area contributed by atoms with Crippen molar-refractivity contribution in [1.29, 1.82) is 0 Å². The van der Waals surface area contributed by atoms with Crippen molar-refractivity contribution < 1.29 is 13.2 Å². The maximum absolute atomic E-state index is 12.7. The third-order valence-electron chi connectivity index (χ3n) is 2.88. The predicted molar refractivity (Wildman–Crippen MR) is 75.6 cm³/mol. The van der Waals surface area contributed by atoms with Gasteiger partial charge in [-0.3, -0.25) is 0 Å². The van der Waals surface area contributed by atoms with Gasteiger partial charge in [0.25, 0.3) is 0 Å². The van der Waals surface area contributed by atoms with Crippen molar-refractivity contribution in [2.24, 2.45) is 10.2 Å². The quantitative estimate of drug-likeness (QED) is 0.627. The molecule has 4 nitrogen and oxygen atoms in total. The van der Waals surface area contributed by atoms with Crippen molar-refractivity contribution in [2.75, 3.05) is 11.5 Å². The number of aryl methyl sites for hydroxylation is 1. The van der Waals surface area contributed by atoms with Crippen molar-refractivity contribution in [3.05, 3.63) is 47.5 Å². The fourth-order valence-corrected chi connectivity index (χ4v) is 1.69. The van der Waals surface area contributed by atoms with Crippen LogP contribution in [0.25, 0.3) is 0 Å². The lowest BCUT2D eigenvalue weighted by molar-refractivity contribution is -0.136. The monoisotopic (exact) mass is 294 g/mol. The van der Waals surface area contributed by atoms with E-state index in [-0.39, 0.29) is 11.4 Å². The molecule has 0 aromatic heterocycles. The molecule has 0 aliphatic heterocycles. The minimum Gasteiger partial charge on any atom is -0.399 e. The molecule has 110 valence electrons. The largest absolute Gasteiger partial charge is 0.418 e. The van der Waals surface area contributed by atoms with E-state index in [1.165, 1.54) is 6.07 Å². The summed E-state index contributed by atoms with van der Waals surface area (Å²) in [7, 11) is 0. The Bertz CT molecular complexity index is 693. The predicted octanol–water partition coefficient (Wildman–Crippen LogP) is 4.59. The van der Waals surface area contributed by atoms with E-state index in [1.54, 1.807) is 25.1 Å². The van der Waals surface area contributed by atoms with Crippen LogP contribution < -0.4 is 11.5 Å². The van der Waals surface area contributed by atoms with Crippen LogP contribution in [-0.2, 0) is 6.18 Å². The molecule has 7 heteroatoms. The summed E-state index contributed by atoms with van der Waals surface area (Å²) in [6.45, 7) is 1.80. The SMILES string of the molecule is Cc1cc(N=Nc2ccc(N)c(C(F)(F)F)c2)ccc1N. The van der Waals surface area contributed by atoms with Crippen LogP contribution in [-0.4, -0.2) is 0 Å². The Balaban J connectivity index is 2.31. The zero-order valence-corrected chi connectivity index (χ0v) is 11.1. The van der Waals surface area contributed by atoms with Gasteiger partial charge in [0.2, 0.25) is 0 Å². The number of hydrogen-bond acceptors (Lipinski definition) is 4. The van der Waals surface area contributed by atoms with Crippen molar-refractivity contribution in [3.8, 4) is 0 Å². The van der Waals surface area contributed by atoms with Gasteiger partial charge in [-0.1, -0.05) is 0 Å². The molecule has 0 saturated carbocycles. The highest BCUT2D eigenvalue weighted by Gasteiger charge is 2.33. The smallest absolute Gasteiger partial charge is 0.399 e. The third-order valence-corrected chi connectivity index (χ3v) is 2.88. The minimum atomic E-state index is -4.52. The molecule has 0 bridgehead atoms. The van der Waals surface area contributed by atoms with Crippen LogP contribution in [0, 0.1) is 6.92 Å². The van der Waals surface area contributed by atoms with Gasteiger partial charge in [-0.15, -0.1) is 0 Å². The molecule has 0 heterocycles. The molecule has 0 aliphatic rings. The molecule has 2 aromatic carbocycles. The molecule has 2 aromatic rings. The van der Waals surface area contributed by atoms with Crippen molar-refractivity contribution >= 4 is 22.7 Å². The zero-order valence-electron chi connectivity index (χ0n) is 11.1. The van der Waals surface area contributed by atoms with Gasteiger partial charge in [0.15, 0.2) is 0 Å². The molecule has 0 amide bonds. The Hall–Kier alpha value is -2.57. The Morgan fingerprint density at radius 1 is 0.857 bits per heavy atom. The van der Waals surface area contributed by atoms with Crippen molar-refractivity contribution in [3.63, 3.8) is 0 Å². The molecule has 4 N–H and O–H groups in total. The second-order valence-electron chi connectivity index (χ2n) is 4.51. The van der Waals surface area contributed by atoms with E-state index >= 15 is 0 Å². The van der Waals surface area contributed by atoms with E-state index in [9.17, 15) is 13.2 Å². The maximum atomic E-state index is 12.7. The van der Waals surface area contributed by atoms with Gasteiger partial charge in [0, 0.05) is 11.4 Å². The number of hydrogen-bond donors (Lipinski definition) is 2.